The quantitative estimate of drug-likeness (QED) is 0.846. The molecule has 0 radical (unpaired) electrons. The molecule has 0 bridgehead atoms. The summed E-state index contributed by atoms with van der Waals surface area (Å²) in [7, 11) is 0. The largest absolute Gasteiger partial charge is 0.332 e. The van der Waals surface area contributed by atoms with Gasteiger partial charge in [0, 0.05) is 37.9 Å². The van der Waals surface area contributed by atoms with Crippen LogP contribution >= 0.6 is 0 Å². The molecule has 1 atom stereocenters. The molecule has 1 amide bonds. The van der Waals surface area contributed by atoms with E-state index >= 15 is 0 Å². The maximum Gasteiger partial charge on any atom is 0.274 e. The molecule has 1 saturated heterocycles. The Morgan fingerprint density at radius 1 is 1.40 bits per heavy atom. The summed E-state index contributed by atoms with van der Waals surface area (Å²) in [6.07, 6.45) is 2.88. The molecule has 2 heterocycles. The molecule has 1 aliphatic heterocycles. The van der Waals surface area contributed by atoms with E-state index in [1.54, 1.807) is 0 Å². The van der Waals surface area contributed by atoms with Crippen LogP contribution < -0.4 is 0 Å². The van der Waals surface area contributed by atoms with Crippen molar-refractivity contribution in [3.8, 4) is 0 Å². The Labute approximate surface area is 121 Å². The fourth-order valence-corrected chi connectivity index (χ4v) is 2.71. The van der Waals surface area contributed by atoms with Crippen LogP contribution in [0, 0.1) is 0 Å². The van der Waals surface area contributed by atoms with Crippen LogP contribution in [0.5, 0.6) is 0 Å². The summed E-state index contributed by atoms with van der Waals surface area (Å²) >= 11 is 0. The Morgan fingerprint density at radius 3 is 2.70 bits per heavy atom. The molecule has 0 aliphatic carbocycles. The Balaban J connectivity index is 2.10. The highest BCUT2D eigenvalue weighted by atomic mass is 16.2. The van der Waals surface area contributed by atoms with Gasteiger partial charge in [-0.05, 0) is 32.9 Å². The molecule has 5 nitrogen and oxygen atoms in total. The highest BCUT2D eigenvalue weighted by molar-refractivity contribution is 5.92. The van der Waals surface area contributed by atoms with Gasteiger partial charge in [-0.1, -0.05) is 13.8 Å². The average Bonchev–Trinajstić information content (AvgIpc) is 2.95. The number of amides is 1. The number of piperazine rings is 1. The molecule has 0 spiro atoms. The van der Waals surface area contributed by atoms with Crippen LogP contribution in [0.1, 0.15) is 50.6 Å². The zero-order valence-corrected chi connectivity index (χ0v) is 13.0. The average molecular weight is 278 g/mol. The Kier molecular flexibility index (Phi) is 4.81. The van der Waals surface area contributed by atoms with Crippen molar-refractivity contribution in [2.45, 2.75) is 46.2 Å². The van der Waals surface area contributed by atoms with Gasteiger partial charge in [0.2, 0.25) is 0 Å². The number of likely N-dealkylation sites (N-methyl/N-ethyl adjacent to an activating group) is 1. The summed E-state index contributed by atoms with van der Waals surface area (Å²) in [5.74, 6) is 0.0759. The molecule has 0 aromatic carbocycles. The molecule has 1 aromatic heterocycles. The van der Waals surface area contributed by atoms with Gasteiger partial charge in [0.25, 0.3) is 5.91 Å². The van der Waals surface area contributed by atoms with Crippen LogP contribution in [-0.2, 0) is 0 Å². The van der Waals surface area contributed by atoms with Gasteiger partial charge in [0.15, 0.2) is 0 Å². The van der Waals surface area contributed by atoms with E-state index < -0.39 is 0 Å². The van der Waals surface area contributed by atoms with E-state index in [0.717, 1.165) is 32.6 Å². The SMILES string of the molecule is CC[C@@H]1CN(CC)CCN1C(=O)c1ccn(C(C)C)n1. The first-order valence-corrected chi connectivity index (χ1v) is 7.65. The minimum atomic E-state index is 0.0759. The second-order valence-corrected chi connectivity index (χ2v) is 5.73. The monoisotopic (exact) mass is 278 g/mol. The second-order valence-electron chi connectivity index (χ2n) is 5.73. The molecule has 20 heavy (non-hydrogen) atoms. The van der Waals surface area contributed by atoms with E-state index in [9.17, 15) is 4.79 Å². The number of rotatable bonds is 4. The van der Waals surface area contributed by atoms with Crippen LogP contribution in [0.4, 0.5) is 0 Å². The molecule has 5 heteroatoms. The van der Waals surface area contributed by atoms with Gasteiger partial charge in [-0.2, -0.15) is 5.10 Å². The molecule has 2 rings (SSSR count). The number of hydrogen-bond acceptors (Lipinski definition) is 3. The van der Waals surface area contributed by atoms with Gasteiger partial charge in [-0.3, -0.25) is 14.4 Å². The molecule has 1 aromatic rings. The van der Waals surface area contributed by atoms with E-state index in [1.807, 2.05) is 21.8 Å². The van der Waals surface area contributed by atoms with Gasteiger partial charge in [0.1, 0.15) is 5.69 Å². The molecule has 112 valence electrons. The van der Waals surface area contributed by atoms with Crippen LogP contribution in [0.15, 0.2) is 12.3 Å². The lowest BCUT2D eigenvalue weighted by atomic mass is 10.1. The fraction of sp³-hybridized carbons (Fsp3) is 0.733. The summed E-state index contributed by atoms with van der Waals surface area (Å²) in [6.45, 7) is 12.3. The third kappa shape index (κ3) is 3.03. The highest BCUT2D eigenvalue weighted by Gasteiger charge is 2.30. The van der Waals surface area contributed by atoms with Crippen molar-refractivity contribution in [2.24, 2.45) is 0 Å². The standard InChI is InChI=1S/C15H26N4O/c1-5-13-11-17(6-2)9-10-18(13)15(20)14-7-8-19(16-14)12(3)4/h7-8,12-13H,5-6,9-11H2,1-4H3/t13-/m1/s1. The summed E-state index contributed by atoms with van der Waals surface area (Å²) < 4.78 is 1.84. The van der Waals surface area contributed by atoms with Crippen LogP contribution in [0.2, 0.25) is 0 Å². The maximum atomic E-state index is 12.6. The van der Waals surface area contributed by atoms with E-state index in [1.165, 1.54) is 0 Å². The molecule has 0 N–H and O–H groups in total. The predicted molar refractivity (Wildman–Crippen MR) is 79.8 cm³/mol. The van der Waals surface area contributed by atoms with Gasteiger partial charge >= 0.3 is 0 Å². The van der Waals surface area contributed by atoms with Crippen LogP contribution in [0.25, 0.3) is 0 Å². The Hall–Kier alpha value is -1.36. The highest BCUT2D eigenvalue weighted by Crippen LogP contribution is 2.16. The molecular weight excluding hydrogens is 252 g/mol. The number of carbonyl (C=O) groups is 1. The summed E-state index contributed by atoms with van der Waals surface area (Å²) in [6, 6.07) is 2.43. The van der Waals surface area contributed by atoms with Crippen molar-refractivity contribution < 1.29 is 4.79 Å². The maximum absolute atomic E-state index is 12.6. The van der Waals surface area contributed by atoms with Crippen molar-refractivity contribution in [3.63, 3.8) is 0 Å². The summed E-state index contributed by atoms with van der Waals surface area (Å²) in [5.41, 5.74) is 0.571. The van der Waals surface area contributed by atoms with Gasteiger partial charge in [0.05, 0.1) is 0 Å². The normalized spacial score (nSPS) is 20.6. The lowest BCUT2D eigenvalue weighted by Gasteiger charge is -2.40. The molecule has 1 fully saturated rings. The second kappa shape index (κ2) is 6.39. The van der Waals surface area contributed by atoms with E-state index in [4.69, 9.17) is 0 Å². The van der Waals surface area contributed by atoms with Gasteiger partial charge < -0.3 is 4.90 Å². The van der Waals surface area contributed by atoms with Crippen molar-refractivity contribution >= 4 is 5.91 Å². The zero-order valence-electron chi connectivity index (χ0n) is 13.0. The van der Waals surface area contributed by atoms with Gasteiger partial charge in [-0.25, -0.2) is 0 Å². The lowest BCUT2D eigenvalue weighted by Crippen LogP contribution is -2.54. The molecule has 1 aliphatic rings. The minimum absolute atomic E-state index is 0.0759. The van der Waals surface area contributed by atoms with Crippen LogP contribution in [0.3, 0.4) is 0 Å². The van der Waals surface area contributed by atoms with E-state index in [2.05, 4.69) is 37.7 Å². The Morgan fingerprint density at radius 2 is 2.15 bits per heavy atom. The summed E-state index contributed by atoms with van der Waals surface area (Å²) in [4.78, 5) is 17.0. The minimum Gasteiger partial charge on any atom is -0.332 e. The molecule has 0 unspecified atom stereocenters. The predicted octanol–water partition coefficient (Wildman–Crippen LogP) is 2.02. The summed E-state index contributed by atoms with van der Waals surface area (Å²) in [5, 5.41) is 4.40. The zero-order chi connectivity index (χ0) is 14.7. The number of hydrogen-bond donors (Lipinski definition) is 0. The van der Waals surface area contributed by atoms with Crippen molar-refractivity contribution in [1.82, 2.24) is 19.6 Å². The lowest BCUT2D eigenvalue weighted by molar-refractivity contribution is 0.0450. The molecular formula is C15H26N4O. The van der Waals surface area contributed by atoms with Crippen molar-refractivity contribution in [3.05, 3.63) is 18.0 Å². The number of nitrogens with zero attached hydrogens (tertiary/aromatic N) is 4. The van der Waals surface area contributed by atoms with E-state index in [0.29, 0.717) is 11.7 Å². The number of aromatic nitrogens is 2. The fourth-order valence-electron chi connectivity index (χ4n) is 2.71. The van der Waals surface area contributed by atoms with Crippen molar-refractivity contribution in [2.75, 3.05) is 26.2 Å². The Bertz CT molecular complexity index is 454. The first kappa shape index (κ1) is 15.0. The van der Waals surface area contributed by atoms with E-state index in [-0.39, 0.29) is 11.9 Å². The van der Waals surface area contributed by atoms with Gasteiger partial charge in [-0.15, -0.1) is 0 Å². The third-order valence-corrected chi connectivity index (χ3v) is 4.10. The first-order chi connectivity index (χ1) is 9.56. The van der Waals surface area contributed by atoms with Crippen molar-refractivity contribution in [1.29, 1.82) is 0 Å². The third-order valence-electron chi connectivity index (χ3n) is 4.10. The first-order valence-electron chi connectivity index (χ1n) is 7.65. The topological polar surface area (TPSA) is 41.4 Å². The number of carbonyl (C=O) groups excluding carboxylic acids is 1. The molecule has 0 saturated carbocycles. The smallest absolute Gasteiger partial charge is 0.274 e. The van der Waals surface area contributed by atoms with Crippen LogP contribution in [-0.4, -0.2) is 57.7 Å².